The Hall–Kier alpha value is -1.21. The molecule has 4 nitrogen and oxygen atoms in total. The summed E-state index contributed by atoms with van der Waals surface area (Å²) in [7, 11) is 0. The van der Waals surface area contributed by atoms with Crippen LogP contribution in [-0.2, 0) is 0 Å². The van der Waals surface area contributed by atoms with Gasteiger partial charge < -0.3 is 10.3 Å². The van der Waals surface area contributed by atoms with Crippen LogP contribution < -0.4 is 5.73 Å². The predicted octanol–water partition coefficient (Wildman–Crippen LogP) is 3.76. The first kappa shape index (κ1) is 14.7. The van der Waals surface area contributed by atoms with Crippen molar-refractivity contribution < 1.29 is 8.91 Å². The second-order valence-electron chi connectivity index (χ2n) is 5.06. The molecule has 21 heavy (non-hydrogen) atoms. The van der Waals surface area contributed by atoms with E-state index in [2.05, 4.69) is 24.0 Å². The van der Waals surface area contributed by atoms with Crippen molar-refractivity contribution in [1.29, 1.82) is 0 Å². The normalized spacial score (nSPS) is 26.0. The minimum absolute atomic E-state index is 0.112. The number of rotatable bonds is 2. The summed E-state index contributed by atoms with van der Waals surface area (Å²) < 4.78 is 18.8. The van der Waals surface area contributed by atoms with Gasteiger partial charge in [-0.1, -0.05) is 19.0 Å². The van der Waals surface area contributed by atoms with E-state index in [0.29, 0.717) is 27.8 Å². The van der Waals surface area contributed by atoms with Gasteiger partial charge in [-0.05, 0) is 18.2 Å². The maximum atomic E-state index is 13.5. The summed E-state index contributed by atoms with van der Waals surface area (Å²) in [5.41, 5.74) is 6.13. The fourth-order valence-electron chi connectivity index (χ4n) is 2.06. The summed E-state index contributed by atoms with van der Waals surface area (Å²) in [6.07, 6.45) is 0. The molecule has 1 saturated heterocycles. The van der Waals surface area contributed by atoms with Crippen LogP contribution in [0.2, 0.25) is 0 Å². The summed E-state index contributed by atoms with van der Waals surface area (Å²) in [5, 5.41) is 5.45. The van der Waals surface area contributed by atoms with Gasteiger partial charge in [0.1, 0.15) is 5.82 Å². The maximum Gasteiger partial charge on any atom is 0.258 e. The first-order valence-electron chi connectivity index (χ1n) is 6.70. The van der Waals surface area contributed by atoms with Crippen LogP contribution in [0.4, 0.5) is 10.1 Å². The van der Waals surface area contributed by atoms with Crippen molar-refractivity contribution in [1.82, 2.24) is 10.1 Å². The highest BCUT2D eigenvalue weighted by atomic mass is 32.2. The van der Waals surface area contributed by atoms with Gasteiger partial charge in [-0.2, -0.15) is 16.7 Å². The Morgan fingerprint density at radius 1 is 1.33 bits per heavy atom. The smallest absolute Gasteiger partial charge is 0.258 e. The highest BCUT2D eigenvalue weighted by Gasteiger charge is 2.30. The molecule has 2 heterocycles. The molecule has 0 saturated carbocycles. The van der Waals surface area contributed by atoms with Crippen molar-refractivity contribution >= 4 is 29.2 Å². The molecule has 1 aliphatic heterocycles. The van der Waals surface area contributed by atoms with Crippen LogP contribution in [0.3, 0.4) is 0 Å². The minimum Gasteiger partial charge on any atom is -0.396 e. The number of nitrogen functional groups attached to an aromatic ring is 1. The van der Waals surface area contributed by atoms with E-state index < -0.39 is 5.82 Å². The quantitative estimate of drug-likeness (QED) is 0.848. The molecule has 2 N–H and O–H groups in total. The summed E-state index contributed by atoms with van der Waals surface area (Å²) >= 11 is 3.78. The largest absolute Gasteiger partial charge is 0.396 e. The van der Waals surface area contributed by atoms with Gasteiger partial charge in [-0.3, -0.25) is 0 Å². The lowest BCUT2D eigenvalue weighted by atomic mass is 10.2. The maximum absolute atomic E-state index is 13.5. The molecular formula is C14H16FN3OS2. The van der Waals surface area contributed by atoms with E-state index in [4.69, 9.17) is 10.3 Å². The van der Waals surface area contributed by atoms with E-state index in [-0.39, 0.29) is 10.9 Å². The van der Waals surface area contributed by atoms with E-state index in [9.17, 15) is 4.39 Å². The number of benzene rings is 1. The molecule has 3 unspecified atom stereocenters. The predicted molar refractivity (Wildman–Crippen MR) is 85.8 cm³/mol. The highest BCUT2D eigenvalue weighted by Crippen LogP contribution is 2.43. The molecule has 1 aliphatic rings. The topological polar surface area (TPSA) is 64.9 Å². The second-order valence-corrected chi connectivity index (χ2v) is 8.06. The number of nitrogens with two attached hydrogens (primary N) is 1. The molecule has 0 spiro atoms. The van der Waals surface area contributed by atoms with Crippen molar-refractivity contribution in [2.45, 2.75) is 29.6 Å². The van der Waals surface area contributed by atoms with Crippen molar-refractivity contribution in [3.63, 3.8) is 0 Å². The monoisotopic (exact) mass is 325 g/mol. The van der Waals surface area contributed by atoms with Crippen LogP contribution in [0.1, 0.15) is 24.9 Å². The van der Waals surface area contributed by atoms with E-state index in [0.717, 1.165) is 5.75 Å². The highest BCUT2D eigenvalue weighted by molar-refractivity contribution is 8.07. The fraction of sp³-hybridized carbons (Fsp3) is 0.429. The number of halogens is 1. The zero-order chi connectivity index (χ0) is 15.0. The Morgan fingerprint density at radius 3 is 2.86 bits per heavy atom. The Bertz CT molecular complexity index is 649. The lowest BCUT2D eigenvalue weighted by molar-refractivity contribution is 0.422. The molecule has 0 aliphatic carbocycles. The Balaban J connectivity index is 1.81. The van der Waals surface area contributed by atoms with E-state index in [1.165, 1.54) is 12.1 Å². The van der Waals surface area contributed by atoms with Crippen molar-refractivity contribution in [2.24, 2.45) is 0 Å². The van der Waals surface area contributed by atoms with E-state index in [1.54, 1.807) is 6.07 Å². The fourth-order valence-corrected chi connectivity index (χ4v) is 4.90. The molecule has 3 atom stereocenters. The number of hydrogen-bond donors (Lipinski definition) is 1. The molecule has 0 bridgehead atoms. The average Bonchev–Trinajstić information content (AvgIpc) is 2.94. The van der Waals surface area contributed by atoms with Crippen LogP contribution in [0.5, 0.6) is 0 Å². The molecule has 1 aromatic carbocycles. The van der Waals surface area contributed by atoms with Gasteiger partial charge in [0.2, 0.25) is 0 Å². The van der Waals surface area contributed by atoms with Gasteiger partial charge in [0.25, 0.3) is 5.89 Å². The van der Waals surface area contributed by atoms with E-state index in [1.807, 2.05) is 23.5 Å². The lowest BCUT2D eigenvalue weighted by Crippen LogP contribution is -2.22. The van der Waals surface area contributed by atoms with Crippen LogP contribution in [0.15, 0.2) is 22.7 Å². The Labute approximate surface area is 131 Å². The van der Waals surface area contributed by atoms with Crippen LogP contribution in [0, 0.1) is 5.82 Å². The SMILES string of the molecule is CC1SCC(c2noc(-c3ccc(N)c(F)c3)n2)SC1C. The van der Waals surface area contributed by atoms with Gasteiger partial charge in [-0.15, -0.1) is 11.8 Å². The van der Waals surface area contributed by atoms with Gasteiger partial charge in [-0.25, -0.2) is 4.39 Å². The average molecular weight is 325 g/mol. The molecular weight excluding hydrogens is 309 g/mol. The van der Waals surface area contributed by atoms with Crippen molar-refractivity contribution in [2.75, 3.05) is 11.5 Å². The van der Waals surface area contributed by atoms with Gasteiger partial charge >= 0.3 is 0 Å². The first-order chi connectivity index (χ1) is 10.0. The number of anilines is 1. The summed E-state index contributed by atoms with van der Waals surface area (Å²) in [6.45, 7) is 4.45. The summed E-state index contributed by atoms with van der Waals surface area (Å²) in [6, 6.07) is 4.51. The molecule has 3 rings (SSSR count). The van der Waals surface area contributed by atoms with Crippen LogP contribution in [-0.4, -0.2) is 26.4 Å². The molecule has 7 heteroatoms. The number of thioether (sulfide) groups is 2. The first-order valence-corrected chi connectivity index (χ1v) is 8.70. The molecule has 0 amide bonds. The molecule has 1 aromatic heterocycles. The number of nitrogens with zero attached hydrogens (tertiary/aromatic N) is 2. The van der Waals surface area contributed by atoms with Crippen LogP contribution in [0.25, 0.3) is 11.5 Å². The van der Waals surface area contributed by atoms with Crippen molar-refractivity contribution in [3.8, 4) is 11.5 Å². The third-order valence-corrected chi connectivity index (χ3v) is 6.91. The standard InChI is InChI=1S/C14H16FN3OS2/c1-7-8(2)21-12(6-20-7)13-17-14(19-18-13)9-3-4-11(16)10(15)5-9/h3-5,7-8,12H,6,16H2,1-2H3. The summed E-state index contributed by atoms with van der Waals surface area (Å²) in [5.74, 6) is 1.50. The zero-order valence-electron chi connectivity index (χ0n) is 11.7. The van der Waals surface area contributed by atoms with Crippen LogP contribution >= 0.6 is 23.5 Å². The van der Waals surface area contributed by atoms with E-state index >= 15 is 0 Å². The molecule has 2 aromatic rings. The van der Waals surface area contributed by atoms with Crippen molar-refractivity contribution in [3.05, 3.63) is 29.8 Å². The minimum atomic E-state index is -0.475. The molecule has 1 fully saturated rings. The second kappa shape index (κ2) is 5.88. The molecule has 0 radical (unpaired) electrons. The Morgan fingerprint density at radius 2 is 2.14 bits per heavy atom. The third kappa shape index (κ3) is 3.03. The lowest BCUT2D eigenvalue weighted by Gasteiger charge is -2.29. The van der Waals surface area contributed by atoms with Gasteiger partial charge in [0, 0.05) is 21.8 Å². The number of aromatic nitrogens is 2. The zero-order valence-corrected chi connectivity index (χ0v) is 13.4. The summed E-state index contributed by atoms with van der Waals surface area (Å²) in [4.78, 5) is 4.42. The Kier molecular flexibility index (Phi) is 4.12. The third-order valence-electron chi connectivity index (χ3n) is 3.53. The number of hydrogen-bond acceptors (Lipinski definition) is 6. The van der Waals surface area contributed by atoms with Gasteiger partial charge in [0.15, 0.2) is 5.82 Å². The van der Waals surface area contributed by atoms with Gasteiger partial charge in [0.05, 0.1) is 10.9 Å². The molecule has 112 valence electrons.